The van der Waals surface area contributed by atoms with Crippen LogP contribution in [0.5, 0.6) is 0 Å². The first-order chi connectivity index (χ1) is 8.41. The summed E-state index contributed by atoms with van der Waals surface area (Å²) in [6.45, 7) is 6.06. The van der Waals surface area contributed by atoms with Crippen molar-refractivity contribution in [3.8, 4) is 0 Å². The van der Waals surface area contributed by atoms with Crippen LogP contribution in [-0.4, -0.2) is 30.2 Å². The molecule has 0 heterocycles. The van der Waals surface area contributed by atoms with Gasteiger partial charge in [0.25, 0.3) is 0 Å². The number of hydrogen-bond acceptors (Lipinski definition) is 3. The lowest BCUT2D eigenvalue weighted by Crippen LogP contribution is -2.34. The highest BCUT2D eigenvalue weighted by atomic mass is 19.4. The van der Waals surface area contributed by atoms with Gasteiger partial charge in [-0.2, -0.15) is 13.2 Å². The Labute approximate surface area is 110 Å². The summed E-state index contributed by atoms with van der Waals surface area (Å²) in [5, 5.41) is 2.14. The second-order valence-electron chi connectivity index (χ2n) is 5.35. The number of carbonyl (C=O) groups excluding carboxylic acids is 2. The molecule has 19 heavy (non-hydrogen) atoms. The SMILES string of the molecule is C[C@@H](CC(=O)OC(C)(C)C)C(=O)NCCC(F)(F)F. The molecular weight excluding hydrogens is 263 g/mol. The second-order valence-corrected chi connectivity index (χ2v) is 5.35. The van der Waals surface area contributed by atoms with Crippen LogP contribution in [0.1, 0.15) is 40.5 Å². The third kappa shape index (κ3) is 10.3. The first-order valence-electron chi connectivity index (χ1n) is 5.97. The molecule has 112 valence electrons. The van der Waals surface area contributed by atoms with Crippen molar-refractivity contribution in [3.05, 3.63) is 0 Å². The van der Waals surface area contributed by atoms with Gasteiger partial charge in [-0.1, -0.05) is 6.92 Å². The summed E-state index contributed by atoms with van der Waals surface area (Å²) < 4.78 is 40.7. The fourth-order valence-electron chi connectivity index (χ4n) is 1.23. The zero-order valence-corrected chi connectivity index (χ0v) is 11.6. The van der Waals surface area contributed by atoms with Gasteiger partial charge in [0.2, 0.25) is 5.91 Å². The Morgan fingerprint density at radius 2 is 1.74 bits per heavy atom. The molecule has 0 aliphatic rings. The molecular formula is C12H20F3NO3. The van der Waals surface area contributed by atoms with Crippen molar-refractivity contribution in [1.82, 2.24) is 5.32 Å². The lowest BCUT2D eigenvalue weighted by atomic mass is 10.1. The van der Waals surface area contributed by atoms with Crippen molar-refractivity contribution in [2.45, 2.75) is 52.3 Å². The highest BCUT2D eigenvalue weighted by Crippen LogP contribution is 2.18. The predicted molar refractivity (Wildman–Crippen MR) is 63.3 cm³/mol. The van der Waals surface area contributed by atoms with E-state index in [1.165, 1.54) is 6.92 Å². The summed E-state index contributed by atoms with van der Waals surface area (Å²) in [4.78, 5) is 22.9. The van der Waals surface area contributed by atoms with Crippen LogP contribution in [0.4, 0.5) is 13.2 Å². The molecule has 0 unspecified atom stereocenters. The summed E-state index contributed by atoms with van der Waals surface area (Å²) in [6, 6.07) is 0. The summed E-state index contributed by atoms with van der Waals surface area (Å²) in [6.07, 6.45) is -5.55. The minimum Gasteiger partial charge on any atom is -0.460 e. The van der Waals surface area contributed by atoms with Crippen LogP contribution >= 0.6 is 0 Å². The van der Waals surface area contributed by atoms with E-state index in [4.69, 9.17) is 4.74 Å². The number of carbonyl (C=O) groups is 2. The highest BCUT2D eigenvalue weighted by molar-refractivity contribution is 5.83. The van der Waals surface area contributed by atoms with Gasteiger partial charge in [0, 0.05) is 12.5 Å². The van der Waals surface area contributed by atoms with Gasteiger partial charge in [-0.05, 0) is 20.8 Å². The van der Waals surface area contributed by atoms with Gasteiger partial charge in [0.1, 0.15) is 5.60 Å². The van der Waals surface area contributed by atoms with Gasteiger partial charge < -0.3 is 10.1 Å². The molecule has 0 fully saturated rings. The number of halogens is 3. The topological polar surface area (TPSA) is 55.4 Å². The Balaban J connectivity index is 4.04. The first kappa shape index (κ1) is 17.7. The van der Waals surface area contributed by atoms with Crippen LogP contribution in [0, 0.1) is 5.92 Å². The molecule has 0 bridgehead atoms. The van der Waals surface area contributed by atoms with Crippen LogP contribution in [0.15, 0.2) is 0 Å². The standard InChI is InChI=1S/C12H20F3NO3/c1-8(7-9(17)19-11(2,3)4)10(18)16-6-5-12(13,14)15/h8H,5-7H2,1-4H3,(H,16,18)/t8-/m0/s1. The van der Waals surface area contributed by atoms with Gasteiger partial charge >= 0.3 is 12.1 Å². The summed E-state index contributed by atoms with van der Waals surface area (Å²) in [5.41, 5.74) is -0.649. The quantitative estimate of drug-likeness (QED) is 0.788. The number of alkyl halides is 3. The van der Waals surface area contributed by atoms with Crippen LogP contribution in [-0.2, 0) is 14.3 Å². The fourth-order valence-corrected chi connectivity index (χ4v) is 1.23. The molecule has 0 aromatic carbocycles. The van der Waals surface area contributed by atoms with Crippen molar-refractivity contribution in [3.63, 3.8) is 0 Å². The Bertz CT molecular complexity index is 321. The van der Waals surface area contributed by atoms with Gasteiger partial charge in [0.05, 0.1) is 12.8 Å². The number of ether oxygens (including phenoxy) is 1. The Morgan fingerprint density at radius 1 is 1.21 bits per heavy atom. The van der Waals surface area contributed by atoms with E-state index in [2.05, 4.69) is 5.32 Å². The number of nitrogens with one attached hydrogen (secondary N) is 1. The van der Waals surface area contributed by atoms with Crippen molar-refractivity contribution in [1.29, 1.82) is 0 Å². The zero-order chi connectivity index (χ0) is 15.3. The van der Waals surface area contributed by atoms with E-state index in [1.54, 1.807) is 20.8 Å². The first-order valence-corrected chi connectivity index (χ1v) is 5.97. The minimum absolute atomic E-state index is 0.158. The number of esters is 1. The molecule has 7 heteroatoms. The highest BCUT2D eigenvalue weighted by Gasteiger charge is 2.27. The summed E-state index contributed by atoms with van der Waals surface area (Å²) in [5.74, 6) is -1.86. The van der Waals surface area contributed by atoms with Gasteiger partial charge in [0.15, 0.2) is 0 Å². The monoisotopic (exact) mass is 283 g/mol. The van der Waals surface area contributed by atoms with E-state index in [0.717, 1.165) is 0 Å². The number of rotatable bonds is 5. The molecule has 0 radical (unpaired) electrons. The van der Waals surface area contributed by atoms with Crippen molar-refractivity contribution in [2.75, 3.05) is 6.54 Å². The van der Waals surface area contributed by atoms with Crippen molar-refractivity contribution < 1.29 is 27.5 Å². The fraction of sp³-hybridized carbons (Fsp3) is 0.833. The van der Waals surface area contributed by atoms with Gasteiger partial charge in [-0.25, -0.2) is 0 Å². The lowest BCUT2D eigenvalue weighted by molar-refractivity contribution is -0.157. The second kappa shape index (κ2) is 6.77. The molecule has 0 aromatic rings. The van der Waals surface area contributed by atoms with Gasteiger partial charge in [-0.15, -0.1) is 0 Å². The third-order valence-corrected chi connectivity index (χ3v) is 2.05. The van der Waals surface area contributed by atoms with Crippen molar-refractivity contribution >= 4 is 11.9 Å². The Morgan fingerprint density at radius 3 is 2.16 bits per heavy atom. The maximum absolute atomic E-state index is 11.9. The van der Waals surface area contributed by atoms with E-state index in [-0.39, 0.29) is 6.42 Å². The van der Waals surface area contributed by atoms with Crippen molar-refractivity contribution in [2.24, 2.45) is 5.92 Å². The summed E-state index contributed by atoms with van der Waals surface area (Å²) in [7, 11) is 0. The molecule has 0 saturated carbocycles. The smallest absolute Gasteiger partial charge is 0.390 e. The average Bonchev–Trinajstić information content (AvgIpc) is 2.11. The van der Waals surface area contributed by atoms with E-state index in [9.17, 15) is 22.8 Å². The molecule has 1 N–H and O–H groups in total. The number of amides is 1. The molecule has 4 nitrogen and oxygen atoms in total. The molecule has 0 aromatic heterocycles. The number of hydrogen-bond donors (Lipinski definition) is 1. The normalized spacial score (nSPS) is 13.8. The third-order valence-electron chi connectivity index (χ3n) is 2.05. The zero-order valence-electron chi connectivity index (χ0n) is 11.6. The Kier molecular flexibility index (Phi) is 6.32. The van der Waals surface area contributed by atoms with Crippen LogP contribution in [0.3, 0.4) is 0 Å². The predicted octanol–water partition coefficient (Wildman–Crippen LogP) is 2.42. The van der Waals surface area contributed by atoms with E-state index in [0.29, 0.717) is 0 Å². The molecule has 0 aliphatic carbocycles. The summed E-state index contributed by atoms with van der Waals surface area (Å²) >= 11 is 0. The largest absolute Gasteiger partial charge is 0.460 e. The van der Waals surface area contributed by atoms with Crippen LogP contribution in [0.2, 0.25) is 0 Å². The van der Waals surface area contributed by atoms with Gasteiger partial charge in [-0.3, -0.25) is 9.59 Å². The van der Waals surface area contributed by atoms with Crippen LogP contribution in [0.25, 0.3) is 0 Å². The van der Waals surface area contributed by atoms with E-state index >= 15 is 0 Å². The molecule has 0 rings (SSSR count). The molecule has 0 spiro atoms. The van der Waals surface area contributed by atoms with E-state index in [1.807, 2.05) is 0 Å². The maximum atomic E-state index is 11.9. The Hall–Kier alpha value is -1.27. The lowest BCUT2D eigenvalue weighted by Gasteiger charge is -2.20. The van der Waals surface area contributed by atoms with E-state index < -0.39 is 42.5 Å². The molecule has 0 aliphatic heterocycles. The molecule has 1 atom stereocenters. The molecule has 0 saturated heterocycles. The minimum atomic E-state index is -4.30. The van der Waals surface area contributed by atoms with Crippen LogP contribution < -0.4 is 5.32 Å². The molecule has 1 amide bonds. The maximum Gasteiger partial charge on any atom is 0.390 e. The average molecular weight is 283 g/mol.